The molecule has 1 amide bonds. The van der Waals surface area contributed by atoms with Crippen LogP contribution in [0.15, 0.2) is 38.6 Å². The Bertz CT molecular complexity index is 1210. The second-order valence-electron chi connectivity index (χ2n) is 7.96. The van der Waals surface area contributed by atoms with Crippen LogP contribution < -0.4 is 5.32 Å². The lowest BCUT2D eigenvalue weighted by molar-refractivity contribution is -0.119. The molecule has 0 spiro atoms. The number of ether oxygens (including phenoxy) is 1. The Morgan fingerprint density at radius 1 is 1.03 bits per heavy atom. The average Bonchev–Trinajstić information content (AvgIpc) is 3.42. The summed E-state index contributed by atoms with van der Waals surface area (Å²) in [5.41, 5.74) is 0.623. The number of hydrogen-bond donors (Lipinski definition) is 1. The van der Waals surface area contributed by atoms with Crippen LogP contribution in [0.3, 0.4) is 0 Å². The first kappa shape index (κ1) is 23.8. The van der Waals surface area contributed by atoms with Crippen molar-refractivity contribution in [2.75, 3.05) is 38.2 Å². The summed E-state index contributed by atoms with van der Waals surface area (Å²) in [6.45, 7) is 4.55. The summed E-state index contributed by atoms with van der Waals surface area (Å²) < 4.78 is 64.6. The predicted molar refractivity (Wildman–Crippen MR) is 118 cm³/mol. The molecule has 0 bridgehead atoms. The van der Waals surface area contributed by atoms with Crippen molar-refractivity contribution in [3.8, 4) is 0 Å². The van der Waals surface area contributed by atoms with Crippen LogP contribution in [0.2, 0.25) is 0 Å². The molecule has 3 heterocycles. The molecule has 2 aromatic rings. The third kappa shape index (κ3) is 4.55. The van der Waals surface area contributed by atoms with Gasteiger partial charge in [-0.15, -0.1) is 0 Å². The van der Waals surface area contributed by atoms with E-state index in [1.165, 1.54) is 39.8 Å². The molecule has 0 unspecified atom stereocenters. The van der Waals surface area contributed by atoms with E-state index in [1.54, 1.807) is 6.92 Å². The Labute approximate surface area is 192 Å². The van der Waals surface area contributed by atoms with E-state index in [4.69, 9.17) is 9.26 Å². The third-order valence-corrected chi connectivity index (χ3v) is 9.84. The zero-order valence-electron chi connectivity index (χ0n) is 18.4. The molecular formula is C20H26N4O7S2. The molecule has 180 valence electrons. The first-order valence-electron chi connectivity index (χ1n) is 10.6. The number of rotatable bonds is 6. The monoisotopic (exact) mass is 498 g/mol. The fraction of sp³-hybridized carbons (Fsp3) is 0.500. The summed E-state index contributed by atoms with van der Waals surface area (Å²) in [7, 11) is -7.61. The number of aromatic nitrogens is 1. The number of amides is 1. The van der Waals surface area contributed by atoms with Crippen molar-refractivity contribution in [3.05, 3.63) is 35.7 Å². The zero-order chi connectivity index (χ0) is 23.8. The van der Waals surface area contributed by atoms with E-state index in [9.17, 15) is 21.6 Å². The molecule has 2 fully saturated rings. The number of nitrogens with zero attached hydrogens (tertiary/aromatic N) is 3. The minimum Gasteiger partial charge on any atom is -0.379 e. The molecule has 1 aromatic carbocycles. The lowest BCUT2D eigenvalue weighted by atomic mass is 10.2. The fourth-order valence-corrected chi connectivity index (χ4v) is 7.48. The van der Waals surface area contributed by atoms with Crippen LogP contribution >= 0.6 is 0 Å². The highest BCUT2D eigenvalue weighted by Gasteiger charge is 2.42. The maximum absolute atomic E-state index is 13.2. The number of aryl methyl sites for hydroxylation is 2. The van der Waals surface area contributed by atoms with Gasteiger partial charge in [0, 0.05) is 25.3 Å². The molecule has 0 saturated carbocycles. The van der Waals surface area contributed by atoms with E-state index in [0.717, 1.165) is 0 Å². The number of morpholine rings is 1. The van der Waals surface area contributed by atoms with E-state index >= 15 is 0 Å². The van der Waals surface area contributed by atoms with E-state index in [2.05, 4.69) is 10.5 Å². The topological polar surface area (TPSA) is 139 Å². The Kier molecular flexibility index (Phi) is 6.60. The molecule has 0 radical (unpaired) electrons. The van der Waals surface area contributed by atoms with Crippen LogP contribution in [0.4, 0.5) is 5.69 Å². The van der Waals surface area contributed by atoms with Crippen molar-refractivity contribution in [2.24, 2.45) is 0 Å². The molecule has 1 N–H and O–H groups in total. The van der Waals surface area contributed by atoms with Crippen molar-refractivity contribution < 1.29 is 30.9 Å². The predicted octanol–water partition coefficient (Wildman–Crippen LogP) is 1.10. The summed E-state index contributed by atoms with van der Waals surface area (Å²) in [6.07, 6.45) is 0.912. The summed E-state index contributed by atoms with van der Waals surface area (Å²) in [5, 5.41) is 6.42. The minimum absolute atomic E-state index is 0.0140. The Hall–Kier alpha value is -2.32. The van der Waals surface area contributed by atoms with Gasteiger partial charge in [-0.05, 0) is 51.0 Å². The fourth-order valence-electron chi connectivity index (χ4n) is 4.12. The van der Waals surface area contributed by atoms with Gasteiger partial charge in [0.25, 0.3) is 0 Å². The lowest BCUT2D eigenvalue weighted by Gasteiger charge is -2.26. The van der Waals surface area contributed by atoms with E-state index in [-0.39, 0.29) is 40.9 Å². The maximum Gasteiger partial charge on any atom is 0.249 e. The van der Waals surface area contributed by atoms with Crippen LogP contribution in [0.1, 0.15) is 24.3 Å². The van der Waals surface area contributed by atoms with Crippen molar-refractivity contribution in [2.45, 2.75) is 42.5 Å². The molecule has 2 aliphatic heterocycles. The standard InChI is InChI=1S/C20H26N4O7S2/c1-14-19(15(2)31-22-14)33(28,29)24-9-3-4-18(24)20(25)21-16-5-7-17(8-6-16)32(26,27)23-10-12-30-13-11-23/h5-8,18H,3-4,9-13H2,1-2H3,(H,21,25)/t18-/m1/s1. The van der Waals surface area contributed by atoms with Crippen LogP contribution in [0.5, 0.6) is 0 Å². The van der Waals surface area contributed by atoms with Gasteiger partial charge in [-0.2, -0.15) is 8.61 Å². The molecule has 33 heavy (non-hydrogen) atoms. The van der Waals surface area contributed by atoms with Gasteiger partial charge < -0.3 is 14.6 Å². The normalized spacial score (nSPS) is 20.7. The number of nitrogens with one attached hydrogen (secondary N) is 1. The smallest absolute Gasteiger partial charge is 0.249 e. The molecule has 11 nitrogen and oxygen atoms in total. The van der Waals surface area contributed by atoms with Crippen LogP contribution in [-0.2, 0) is 29.6 Å². The maximum atomic E-state index is 13.2. The van der Waals surface area contributed by atoms with Crippen molar-refractivity contribution in [3.63, 3.8) is 0 Å². The van der Waals surface area contributed by atoms with E-state index in [1.807, 2.05) is 0 Å². The Morgan fingerprint density at radius 2 is 1.70 bits per heavy atom. The average molecular weight is 499 g/mol. The molecule has 2 saturated heterocycles. The van der Waals surface area contributed by atoms with Gasteiger partial charge in [0.15, 0.2) is 5.76 Å². The summed E-state index contributed by atoms with van der Waals surface area (Å²) in [4.78, 5) is 13.0. The third-order valence-electron chi connectivity index (χ3n) is 5.77. The van der Waals surface area contributed by atoms with Gasteiger partial charge in [0.05, 0.1) is 18.1 Å². The van der Waals surface area contributed by atoms with Gasteiger partial charge in [-0.25, -0.2) is 16.8 Å². The second kappa shape index (κ2) is 9.14. The van der Waals surface area contributed by atoms with Crippen molar-refractivity contribution in [1.29, 1.82) is 0 Å². The van der Waals surface area contributed by atoms with E-state index < -0.39 is 32.0 Å². The van der Waals surface area contributed by atoms with Gasteiger partial charge in [0.2, 0.25) is 26.0 Å². The SMILES string of the molecule is Cc1noc(C)c1S(=O)(=O)N1CCC[C@@H]1C(=O)Nc1ccc(S(=O)(=O)N2CCOCC2)cc1. The number of hydrogen-bond acceptors (Lipinski definition) is 8. The number of anilines is 1. The van der Waals surface area contributed by atoms with Crippen LogP contribution in [-0.4, -0.2) is 75.4 Å². The first-order valence-corrected chi connectivity index (χ1v) is 13.4. The molecule has 1 atom stereocenters. The molecular weight excluding hydrogens is 472 g/mol. The number of carbonyl (C=O) groups is 1. The molecule has 4 rings (SSSR count). The Balaban J connectivity index is 1.49. The summed E-state index contributed by atoms with van der Waals surface area (Å²) in [6, 6.07) is 4.95. The minimum atomic E-state index is -3.96. The Morgan fingerprint density at radius 3 is 2.30 bits per heavy atom. The largest absolute Gasteiger partial charge is 0.379 e. The number of carbonyl (C=O) groups excluding carboxylic acids is 1. The summed E-state index contributed by atoms with van der Waals surface area (Å²) >= 11 is 0. The molecule has 2 aliphatic rings. The van der Waals surface area contributed by atoms with Crippen LogP contribution in [0.25, 0.3) is 0 Å². The van der Waals surface area contributed by atoms with Crippen molar-refractivity contribution in [1.82, 2.24) is 13.8 Å². The van der Waals surface area contributed by atoms with Crippen LogP contribution in [0, 0.1) is 13.8 Å². The van der Waals surface area contributed by atoms with Gasteiger partial charge in [0.1, 0.15) is 16.6 Å². The highest BCUT2D eigenvalue weighted by Crippen LogP contribution is 2.30. The van der Waals surface area contributed by atoms with Gasteiger partial charge in [-0.3, -0.25) is 4.79 Å². The quantitative estimate of drug-likeness (QED) is 0.625. The highest BCUT2D eigenvalue weighted by molar-refractivity contribution is 7.89. The molecule has 0 aliphatic carbocycles. The second-order valence-corrected chi connectivity index (χ2v) is 11.7. The zero-order valence-corrected chi connectivity index (χ0v) is 20.0. The van der Waals surface area contributed by atoms with Gasteiger partial charge >= 0.3 is 0 Å². The van der Waals surface area contributed by atoms with Crippen molar-refractivity contribution >= 4 is 31.6 Å². The summed E-state index contributed by atoms with van der Waals surface area (Å²) in [5.74, 6) is -0.303. The lowest BCUT2D eigenvalue weighted by Crippen LogP contribution is -2.43. The number of sulfonamides is 2. The van der Waals surface area contributed by atoms with E-state index in [0.29, 0.717) is 31.7 Å². The molecule has 1 aromatic heterocycles. The first-order chi connectivity index (χ1) is 15.6. The number of benzene rings is 1. The molecule has 13 heteroatoms. The highest BCUT2D eigenvalue weighted by atomic mass is 32.2. The van der Waals surface area contributed by atoms with Gasteiger partial charge in [-0.1, -0.05) is 5.16 Å².